The molecule has 1 fully saturated rings. The summed E-state index contributed by atoms with van der Waals surface area (Å²) in [6.07, 6.45) is -2.73. The number of hydrogen-bond acceptors (Lipinski definition) is 10. The van der Waals surface area contributed by atoms with E-state index in [1.54, 1.807) is 24.8 Å². The summed E-state index contributed by atoms with van der Waals surface area (Å²) in [5.74, 6) is -2.05. The van der Waals surface area contributed by atoms with E-state index in [9.17, 15) is 32.7 Å². The monoisotopic (exact) mass is 755 g/mol. The predicted octanol–water partition coefficient (Wildman–Crippen LogP) is 4.27. The van der Waals surface area contributed by atoms with Crippen LogP contribution in [-0.2, 0) is 30.4 Å². The van der Waals surface area contributed by atoms with Crippen LogP contribution in [0.1, 0.15) is 39.9 Å². The SMILES string of the molecule is CCc1c(N2CCN(C(=O)c3ncnc(C)c3O)CC2)c(=O)n2nc(-c3cc4c(cc3F)OCC4)nc2n1CC(=O)Nc1ccc(C(F)(F)F)cc1Cl. The fraction of sp³-hybridized carbons (Fsp3) is 0.324. The number of halogens is 5. The zero-order valence-electron chi connectivity index (χ0n) is 28.2. The van der Waals surface area contributed by atoms with Crippen LogP contribution < -0.4 is 20.5 Å². The molecule has 0 atom stereocenters. The van der Waals surface area contributed by atoms with E-state index >= 15 is 4.39 Å². The smallest absolute Gasteiger partial charge is 0.416 e. The van der Waals surface area contributed by atoms with Gasteiger partial charge < -0.3 is 29.5 Å². The molecule has 2 aliphatic heterocycles. The van der Waals surface area contributed by atoms with Gasteiger partial charge in [0.2, 0.25) is 11.7 Å². The maximum absolute atomic E-state index is 15.4. The Morgan fingerprint density at radius 1 is 1.09 bits per heavy atom. The summed E-state index contributed by atoms with van der Waals surface area (Å²) in [5.41, 5.74) is -0.308. The second kappa shape index (κ2) is 13.6. The normalized spacial score (nSPS) is 14.4. The number of aromatic nitrogens is 6. The van der Waals surface area contributed by atoms with Crippen LogP contribution in [0.4, 0.5) is 28.9 Å². The van der Waals surface area contributed by atoms with Crippen LogP contribution in [0.25, 0.3) is 17.2 Å². The number of hydrogen-bond donors (Lipinski definition) is 2. The Morgan fingerprint density at radius 2 is 1.85 bits per heavy atom. The average molecular weight is 756 g/mol. The van der Waals surface area contributed by atoms with Gasteiger partial charge in [0.05, 0.1) is 39.8 Å². The molecular weight excluding hydrogens is 726 g/mol. The molecule has 0 spiro atoms. The Hall–Kier alpha value is -5.78. The second-order valence-electron chi connectivity index (χ2n) is 12.4. The molecule has 0 bridgehead atoms. The van der Waals surface area contributed by atoms with Crippen molar-refractivity contribution in [1.29, 1.82) is 0 Å². The highest BCUT2D eigenvalue weighted by Gasteiger charge is 2.33. The summed E-state index contributed by atoms with van der Waals surface area (Å²) in [4.78, 5) is 56.7. The molecule has 7 rings (SSSR count). The fourth-order valence-electron chi connectivity index (χ4n) is 6.45. The largest absolute Gasteiger partial charge is 0.504 e. The predicted molar refractivity (Wildman–Crippen MR) is 183 cm³/mol. The highest BCUT2D eigenvalue weighted by Crippen LogP contribution is 2.35. The summed E-state index contributed by atoms with van der Waals surface area (Å²) in [7, 11) is 0. The summed E-state index contributed by atoms with van der Waals surface area (Å²) in [5, 5.41) is 17.0. The molecule has 2 aromatic carbocycles. The third-order valence-electron chi connectivity index (χ3n) is 9.14. The van der Waals surface area contributed by atoms with E-state index in [0.717, 1.165) is 22.2 Å². The number of nitrogens with one attached hydrogen (secondary N) is 1. The standard InChI is InChI=1S/C34H30ClF4N9O5/c1-3-24-28(45-7-9-46(10-8-45)31(51)27-29(50)17(2)40-16-41-27)32(52)48-33(43-30(44-48)20-12-18-6-11-53-25(18)14-22(20)36)47(24)15-26(49)42-23-5-4-19(13-21(23)35)34(37,38)39/h4-5,12-14,16,50H,3,6-11,15H2,1-2H3,(H,42,49). The number of carbonyl (C=O) groups is 2. The third-order valence-corrected chi connectivity index (χ3v) is 9.46. The molecule has 5 heterocycles. The molecule has 0 radical (unpaired) electrons. The number of alkyl halides is 3. The molecule has 0 aliphatic carbocycles. The summed E-state index contributed by atoms with van der Waals surface area (Å²) >= 11 is 6.11. The van der Waals surface area contributed by atoms with Gasteiger partial charge in [0.1, 0.15) is 30.1 Å². The molecule has 3 aromatic heterocycles. The minimum atomic E-state index is -4.65. The third kappa shape index (κ3) is 6.58. The number of piperazine rings is 1. The lowest BCUT2D eigenvalue weighted by molar-refractivity contribution is -0.137. The number of rotatable bonds is 7. The van der Waals surface area contributed by atoms with E-state index in [2.05, 4.69) is 25.4 Å². The lowest BCUT2D eigenvalue weighted by Crippen LogP contribution is -2.51. The average Bonchev–Trinajstić information content (AvgIpc) is 3.78. The van der Waals surface area contributed by atoms with E-state index in [1.807, 2.05) is 0 Å². The highest BCUT2D eigenvalue weighted by atomic mass is 35.5. The molecule has 0 unspecified atom stereocenters. The van der Waals surface area contributed by atoms with Gasteiger partial charge in [0.15, 0.2) is 17.3 Å². The quantitative estimate of drug-likeness (QED) is 0.230. The molecule has 0 saturated carbocycles. The Morgan fingerprint density at radius 3 is 2.55 bits per heavy atom. The Bertz CT molecular complexity index is 2360. The van der Waals surface area contributed by atoms with Crippen LogP contribution in [0.2, 0.25) is 5.02 Å². The highest BCUT2D eigenvalue weighted by molar-refractivity contribution is 6.33. The molecule has 1 saturated heterocycles. The van der Waals surface area contributed by atoms with Crippen molar-refractivity contribution in [2.45, 2.75) is 39.4 Å². The van der Waals surface area contributed by atoms with Gasteiger partial charge in [-0.1, -0.05) is 18.5 Å². The molecule has 2 amide bonds. The maximum atomic E-state index is 15.4. The van der Waals surface area contributed by atoms with E-state index < -0.39 is 41.5 Å². The number of anilines is 2. The van der Waals surface area contributed by atoms with Crippen LogP contribution in [0.3, 0.4) is 0 Å². The van der Waals surface area contributed by atoms with Gasteiger partial charge >= 0.3 is 6.18 Å². The zero-order chi connectivity index (χ0) is 37.8. The number of aromatic hydroxyl groups is 1. The van der Waals surface area contributed by atoms with E-state index in [0.29, 0.717) is 30.5 Å². The molecule has 5 aromatic rings. The van der Waals surface area contributed by atoms with Crippen molar-refractivity contribution < 1.29 is 37.0 Å². The van der Waals surface area contributed by atoms with Crippen molar-refractivity contribution >= 4 is 40.6 Å². The number of benzene rings is 2. The lowest BCUT2D eigenvalue weighted by Gasteiger charge is -2.36. The first-order chi connectivity index (χ1) is 25.2. The first-order valence-electron chi connectivity index (χ1n) is 16.4. The van der Waals surface area contributed by atoms with Crippen molar-refractivity contribution in [3.8, 4) is 22.9 Å². The Labute approximate surface area is 302 Å². The number of amides is 2. The topological polar surface area (TPSA) is 160 Å². The fourth-order valence-corrected chi connectivity index (χ4v) is 6.68. The van der Waals surface area contributed by atoms with Crippen LogP contribution in [0.15, 0.2) is 41.5 Å². The van der Waals surface area contributed by atoms with Crippen molar-refractivity contribution in [3.05, 3.63) is 86.1 Å². The number of aryl methyl sites for hydroxylation is 1. The number of nitrogens with zero attached hydrogens (tertiary/aromatic N) is 8. The first kappa shape index (κ1) is 35.6. The molecule has 2 N–H and O–H groups in total. The van der Waals surface area contributed by atoms with Crippen molar-refractivity contribution in [1.82, 2.24) is 34.0 Å². The van der Waals surface area contributed by atoms with Crippen LogP contribution in [0.5, 0.6) is 11.5 Å². The van der Waals surface area contributed by atoms with E-state index in [4.69, 9.17) is 16.3 Å². The van der Waals surface area contributed by atoms with Gasteiger partial charge in [0.25, 0.3) is 11.5 Å². The molecular formula is C34H30ClF4N9O5. The van der Waals surface area contributed by atoms with Crippen LogP contribution in [-0.4, -0.2) is 83.7 Å². The van der Waals surface area contributed by atoms with Crippen molar-refractivity contribution in [2.75, 3.05) is 43.0 Å². The van der Waals surface area contributed by atoms with E-state index in [-0.39, 0.29) is 83.3 Å². The molecule has 2 aliphatic rings. The van der Waals surface area contributed by atoms with Gasteiger partial charge in [-0.2, -0.15) is 22.7 Å². The summed E-state index contributed by atoms with van der Waals surface area (Å²) < 4.78 is 62.9. The summed E-state index contributed by atoms with van der Waals surface area (Å²) in [6, 6.07) is 5.30. The molecule has 19 heteroatoms. The van der Waals surface area contributed by atoms with Gasteiger partial charge in [-0.25, -0.2) is 14.4 Å². The zero-order valence-corrected chi connectivity index (χ0v) is 28.9. The maximum Gasteiger partial charge on any atom is 0.416 e. The van der Waals surface area contributed by atoms with Crippen molar-refractivity contribution in [3.63, 3.8) is 0 Å². The first-order valence-corrected chi connectivity index (χ1v) is 16.8. The van der Waals surface area contributed by atoms with Crippen LogP contribution in [0, 0.1) is 12.7 Å². The molecule has 53 heavy (non-hydrogen) atoms. The second-order valence-corrected chi connectivity index (χ2v) is 12.8. The Balaban J connectivity index is 1.27. The van der Waals surface area contributed by atoms with Crippen molar-refractivity contribution in [2.24, 2.45) is 0 Å². The van der Waals surface area contributed by atoms with Gasteiger partial charge in [0, 0.05) is 38.7 Å². The van der Waals surface area contributed by atoms with Crippen LogP contribution >= 0.6 is 11.6 Å². The van der Waals surface area contributed by atoms with Gasteiger partial charge in [-0.05, 0) is 43.2 Å². The number of carbonyl (C=O) groups excluding carboxylic acids is 2. The van der Waals surface area contributed by atoms with Gasteiger partial charge in [-0.3, -0.25) is 14.4 Å². The molecule has 276 valence electrons. The van der Waals surface area contributed by atoms with E-state index in [1.165, 1.54) is 21.9 Å². The minimum absolute atomic E-state index is 0.0137. The Kier molecular flexibility index (Phi) is 9.17. The lowest BCUT2D eigenvalue weighted by atomic mass is 10.1. The van der Waals surface area contributed by atoms with Gasteiger partial charge in [-0.15, -0.1) is 5.10 Å². The summed E-state index contributed by atoms with van der Waals surface area (Å²) in [6.45, 7) is 3.80. The minimum Gasteiger partial charge on any atom is -0.504 e. The number of ether oxygens (including phenoxy) is 1. The number of fused-ring (bicyclic) bond motifs is 2. The molecule has 14 nitrogen and oxygen atoms in total.